The van der Waals surface area contributed by atoms with Crippen LogP contribution in [0, 0.1) is 0 Å². The lowest BCUT2D eigenvalue weighted by molar-refractivity contribution is 0.666. The highest BCUT2D eigenvalue weighted by molar-refractivity contribution is 6.22. The van der Waals surface area contributed by atoms with Crippen molar-refractivity contribution in [2.75, 3.05) is 0 Å². The molecule has 0 atom stereocenters. The second-order valence-electron chi connectivity index (χ2n) is 13.6. The molecule has 252 valence electrons. The molecule has 0 unspecified atom stereocenters. The van der Waals surface area contributed by atoms with E-state index in [0.29, 0.717) is 17.5 Å². The van der Waals surface area contributed by atoms with E-state index in [1.54, 1.807) is 0 Å². The Hall–Kier alpha value is -7.37. The summed E-state index contributed by atoms with van der Waals surface area (Å²) in [5, 5.41) is 7.10. The zero-order chi connectivity index (χ0) is 35.6. The highest BCUT2D eigenvalue weighted by atomic mass is 16.3. The summed E-state index contributed by atoms with van der Waals surface area (Å²) in [6.45, 7) is 0. The van der Waals surface area contributed by atoms with E-state index < -0.39 is 0 Å². The Morgan fingerprint density at radius 2 is 0.926 bits per heavy atom. The van der Waals surface area contributed by atoms with Crippen LogP contribution in [0.3, 0.4) is 0 Å². The Balaban J connectivity index is 1.09. The van der Waals surface area contributed by atoms with Crippen LogP contribution in [0.15, 0.2) is 186 Å². The number of fused-ring (bicyclic) bond motifs is 8. The lowest BCUT2D eigenvalue weighted by atomic mass is 9.97. The van der Waals surface area contributed by atoms with Crippen LogP contribution < -0.4 is 0 Å². The fourth-order valence-electron chi connectivity index (χ4n) is 7.97. The summed E-state index contributed by atoms with van der Waals surface area (Å²) < 4.78 is 9.18. The number of hydrogen-bond donors (Lipinski definition) is 0. The van der Waals surface area contributed by atoms with E-state index in [1.807, 2.05) is 66.7 Å². The van der Waals surface area contributed by atoms with E-state index in [1.165, 1.54) is 21.5 Å². The zero-order valence-electron chi connectivity index (χ0n) is 29.0. The SMILES string of the molecule is c1ccc(-c2nc(-c3ccccc3)nc(-c3ccc(-c4ccc(-n5c6ccccc6c6c7ccccc7ccc65)c5oc6ccccc6c45)cc3)n2)cc1. The van der Waals surface area contributed by atoms with Gasteiger partial charge >= 0.3 is 0 Å². The van der Waals surface area contributed by atoms with Crippen LogP contribution in [-0.2, 0) is 0 Å². The van der Waals surface area contributed by atoms with Crippen LogP contribution in [0.1, 0.15) is 0 Å². The molecular formula is C49H30N4O. The molecule has 3 aromatic heterocycles. The molecule has 5 heteroatoms. The van der Waals surface area contributed by atoms with Crippen molar-refractivity contribution >= 4 is 54.5 Å². The third-order valence-corrected chi connectivity index (χ3v) is 10.5. The van der Waals surface area contributed by atoms with Gasteiger partial charge in [0.15, 0.2) is 23.1 Å². The van der Waals surface area contributed by atoms with Crippen molar-refractivity contribution in [1.29, 1.82) is 0 Å². The maximum absolute atomic E-state index is 6.81. The number of benzene rings is 8. The van der Waals surface area contributed by atoms with E-state index in [-0.39, 0.29) is 0 Å². The first-order valence-electron chi connectivity index (χ1n) is 18.1. The van der Waals surface area contributed by atoms with Gasteiger partial charge in [-0.05, 0) is 46.2 Å². The van der Waals surface area contributed by atoms with Gasteiger partial charge in [-0.25, -0.2) is 15.0 Å². The fourth-order valence-corrected chi connectivity index (χ4v) is 7.97. The molecule has 0 amide bonds. The fraction of sp³-hybridized carbons (Fsp3) is 0. The minimum Gasteiger partial charge on any atom is -0.454 e. The van der Waals surface area contributed by atoms with Gasteiger partial charge in [0.25, 0.3) is 0 Å². The normalized spacial score (nSPS) is 11.7. The smallest absolute Gasteiger partial charge is 0.164 e. The van der Waals surface area contributed by atoms with Crippen LogP contribution >= 0.6 is 0 Å². The Kier molecular flexibility index (Phi) is 6.79. The Morgan fingerprint density at radius 1 is 0.370 bits per heavy atom. The van der Waals surface area contributed by atoms with Gasteiger partial charge in [-0.2, -0.15) is 0 Å². The van der Waals surface area contributed by atoms with Gasteiger partial charge in [-0.15, -0.1) is 0 Å². The monoisotopic (exact) mass is 690 g/mol. The molecule has 0 fully saturated rings. The molecule has 0 radical (unpaired) electrons. The van der Waals surface area contributed by atoms with Gasteiger partial charge in [0.05, 0.1) is 16.7 Å². The lowest BCUT2D eigenvalue weighted by Crippen LogP contribution is -2.00. The van der Waals surface area contributed by atoms with Crippen molar-refractivity contribution in [1.82, 2.24) is 19.5 Å². The molecule has 0 bridgehead atoms. The highest BCUT2D eigenvalue weighted by Crippen LogP contribution is 2.43. The largest absolute Gasteiger partial charge is 0.454 e. The first-order chi connectivity index (χ1) is 26.8. The summed E-state index contributed by atoms with van der Waals surface area (Å²) in [5.74, 6) is 1.91. The molecular weight excluding hydrogens is 661 g/mol. The highest BCUT2D eigenvalue weighted by Gasteiger charge is 2.21. The van der Waals surface area contributed by atoms with Crippen LogP contribution in [0.2, 0.25) is 0 Å². The lowest BCUT2D eigenvalue weighted by Gasteiger charge is -2.12. The summed E-state index contributed by atoms with van der Waals surface area (Å²) in [5.41, 5.74) is 10.00. The average Bonchev–Trinajstić information content (AvgIpc) is 3.81. The Bertz CT molecular complexity index is 3140. The molecule has 11 rings (SSSR count). The molecule has 0 spiro atoms. The van der Waals surface area contributed by atoms with Gasteiger partial charge in [-0.3, -0.25) is 0 Å². The van der Waals surface area contributed by atoms with Gasteiger partial charge < -0.3 is 8.98 Å². The topological polar surface area (TPSA) is 56.7 Å². The number of aromatic nitrogens is 4. The standard InChI is InChI=1S/C49H30N4O/c1-3-14-33(15-4-1)47-50-48(34-16-5-2-6-17-34)52-49(51-47)35-25-23-32(24-26-35)37-28-30-42(46-45(37)39-20-10-12-22-43(39)54-46)53-40-21-11-9-19-38(40)44-36-18-8-7-13-31(36)27-29-41(44)53/h1-30H. The second kappa shape index (κ2) is 12.1. The molecule has 11 aromatic rings. The molecule has 0 aliphatic rings. The van der Waals surface area contributed by atoms with Crippen LogP contribution in [0.25, 0.3) is 105 Å². The molecule has 0 N–H and O–H groups in total. The van der Waals surface area contributed by atoms with Crippen molar-refractivity contribution in [3.63, 3.8) is 0 Å². The van der Waals surface area contributed by atoms with E-state index in [0.717, 1.165) is 66.5 Å². The first kappa shape index (κ1) is 30.3. The van der Waals surface area contributed by atoms with Crippen LogP contribution in [-0.4, -0.2) is 19.5 Å². The van der Waals surface area contributed by atoms with E-state index in [9.17, 15) is 0 Å². The van der Waals surface area contributed by atoms with Gasteiger partial charge in [0, 0.05) is 38.2 Å². The minimum atomic E-state index is 0.627. The Morgan fingerprint density at radius 3 is 1.63 bits per heavy atom. The van der Waals surface area contributed by atoms with Crippen LogP contribution in [0.4, 0.5) is 0 Å². The molecule has 0 aliphatic carbocycles. The maximum atomic E-state index is 6.81. The molecule has 8 aromatic carbocycles. The third kappa shape index (κ3) is 4.76. The molecule has 0 aliphatic heterocycles. The molecule has 3 heterocycles. The molecule has 5 nitrogen and oxygen atoms in total. The number of para-hydroxylation sites is 2. The number of furan rings is 1. The predicted molar refractivity (Wildman–Crippen MR) is 221 cm³/mol. The summed E-state index contributed by atoms with van der Waals surface area (Å²) >= 11 is 0. The van der Waals surface area contributed by atoms with E-state index in [4.69, 9.17) is 19.4 Å². The van der Waals surface area contributed by atoms with Gasteiger partial charge in [0.2, 0.25) is 0 Å². The number of nitrogens with zero attached hydrogens (tertiary/aromatic N) is 4. The molecule has 0 saturated heterocycles. The first-order valence-corrected chi connectivity index (χ1v) is 18.1. The maximum Gasteiger partial charge on any atom is 0.164 e. The Labute approximate surface area is 310 Å². The summed E-state index contributed by atoms with van der Waals surface area (Å²) in [6, 6.07) is 63.2. The van der Waals surface area contributed by atoms with Crippen molar-refractivity contribution in [2.24, 2.45) is 0 Å². The average molecular weight is 691 g/mol. The minimum absolute atomic E-state index is 0.627. The quantitative estimate of drug-likeness (QED) is 0.180. The van der Waals surface area contributed by atoms with Gasteiger partial charge in [0.1, 0.15) is 5.58 Å². The molecule has 0 saturated carbocycles. The third-order valence-electron chi connectivity index (χ3n) is 10.5. The summed E-state index contributed by atoms with van der Waals surface area (Å²) in [4.78, 5) is 14.8. The number of hydrogen-bond acceptors (Lipinski definition) is 4. The van der Waals surface area contributed by atoms with Crippen molar-refractivity contribution in [3.05, 3.63) is 182 Å². The van der Waals surface area contributed by atoms with Crippen molar-refractivity contribution < 1.29 is 4.42 Å². The van der Waals surface area contributed by atoms with Crippen molar-refractivity contribution in [2.45, 2.75) is 0 Å². The second-order valence-corrected chi connectivity index (χ2v) is 13.6. The van der Waals surface area contributed by atoms with E-state index >= 15 is 0 Å². The summed E-state index contributed by atoms with van der Waals surface area (Å²) in [7, 11) is 0. The number of rotatable bonds is 5. The molecule has 54 heavy (non-hydrogen) atoms. The van der Waals surface area contributed by atoms with E-state index in [2.05, 4.69) is 120 Å². The zero-order valence-corrected chi connectivity index (χ0v) is 29.0. The van der Waals surface area contributed by atoms with Crippen molar-refractivity contribution in [3.8, 4) is 51.0 Å². The predicted octanol–water partition coefficient (Wildman–Crippen LogP) is 12.7. The summed E-state index contributed by atoms with van der Waals surface area (Å²) in [6.07, 6.45) is 0. The van der Waals surface area contributed by atoms with Gasteiger partial charge in [-0.1, -0.05) is 158 Å². The van der Waals surface area contributed by atoms with Crippen LogP contribution in [0.5, 0.6) is 0 Å².